The number of hydrogen-bond acceptors (Lipinski definition) is 4. The molecule has 0 aliphatic rings. The van der Waals surface area contributed by atoms with Gasteiger partial charge in [-0.05, 0) is 22.9 Å². The number of halogens is 2. The number of aromatic nitrogens is 3. The molecule has 2 heterocycles. The molecule has 0 unspecified atom stereocenters. The average molecular weight is 281 g/mol. The zero-order chi connectivity index (χ0) is 9.59. The normalized spacial score (nSPS) is 11.0. The maximum absolute atomic E-state index is 11.2. The van der Waals surface area contributed by atoms with Crippen molar-refractivity contribution in [1.82, 2.24) is 14.6 Å². The van der Waals surface area contributed by atoms with Crippen LogP contribution in [0.25, 0.3) is 4.96 Å². The van der Waals surface area contributed by atoms with Crippen LogP contribution in [0.15, 0.2) is 8.71 Å². The summed E-state index contributed by atoms with van der Waals surface area (Å²) in [6.45, 7) is 1.73. The van der Waals surface area contributed by atoms with Crippen LogP contribution in [0.2, 0.25) is 5.02 Å². The lowest BCUT2D eigenvalue weighted by Gasteiger charge is -1.96. The van der Waals surface area contributed by atoms with Gasteiger partial charge in [-0.1, -0.05) is 22.9 Å². The molecule has 68 valence electrons. The van der Waals surface area contributed by atoms with Crippen molar-refractivity contribution in [2.45, 2.75) is 6.92 Å². The lowest BCUT2D eigenvalue weighted by Crippen LogP contribution is -2.11. The lowest BCUT2D eigenvalue weighted by molar-refractivity contribution is 0.878. The van der Waals surface area contributed by atoms with E-state index in [-0.39, 0.29) is 5.02 Å². The van der Waals surface area contributed by atoms with Crippen molar-refractivity contribution < 1.29 is 0 Å². The topological polar surface area (TPSA) is 47.3 Å². The fourth-order valence-corrected chi connectivity index (χ4v) is 2.31. The largest absolute Gasteiger partial charge is 0.293 e. The molecule has 2 aromatic rings. The second kappa shape index (κ2) is 3.04. The summed E-state index contributed by atoms with van der Waals surface area (Å²) in [5.41, 5.74) is 0.203. The van der Waals surface area contributed by atoms with Gasteiger partial charge in [0, 0.05) is 0 Å². The van der Waals surface area contributed by atoms with E-state index in [0.29, 0.717) is 14.6 Å². The summed E-state index contributed by atoms with van der Waals surface area (Å²) in [5.74, 6) is 0. The molecule has 0 radical (unpaired) electrons. The second-order valence-electron chi connectivity index (χ2n) is 2.37. The van der Waals surface area contributed by atoms with Crippen molar-refractivity contribution >= 4 is 43.8 Å². The smallest absolute Gasteiger partial charge is 0.266 e. The van der Waals surface area contributed by atoms with Crippen molar-refractivity contribution in [3.63, 3.8) is 0 Å². The van der Waals surface area contributed by atoms with Gasteiger partial charge in [0.15, 0.2) is 3.92 Å². The van der Waals surface area contributed by atoms with Crippen LogP contribution in [0.3, 0.4) is 0 Å². The summed E-state index contributed by atoms with van der Waals surface area (Å²) in [6.07, 6.45) is 0. The van der Waals surface area contributed by atoms with Gasteiger partial charge >= 0.3 is 0 Å². The van der Waals surface area contributed by atoms with Gasteiger partial charge in [-0.25, -0.2) is 4.52 Å². The molecule has 0 fully saturated rings. The third kappa shape index (κ3) is 1.38. The van der Waals surface area contributed by atoms with E-state index in [1.807, 2.05) is 0 Å². The Morgan fingerprint density at radius 2 is 2.31 bits per heavy atom. The standard InChI is InChI=1S/C6H3BrClN3OS/c1-2-3(8)4(12)9-6-11(2)10-5(7)13-6/h1H3. The summed E-state index contributed by atoms with van der Waals surface area (Å²) in [7, 11) is 0. The van der Waals surface area contributed by atoms with Crippen LogP contribution in [0.5, 0.6) is 0 Å². The maximum atomic E-state index is 11.2. The molecule has 7 heteroatoms. The molecule has 0 bridgehead atoms. The van der Waals surface area contributed by atoms with Crippen LogP contribution in [-0.2, 0) is 0 Å². The minimum Gasteiger partial charge on any atom is -0.266 e. The fourth-order valence-electron chi connectivity index (χ4n) is 0.933. The third-order valence-corrected chi connectivity index (χ3v) is 3.33. The minimum absolute atomic E-state index is 0.121. The van der Waals surface area contributed by atoms with Crippen LogP contribution < -0.4 is 5.56 Å². The Morgan fingerprint density at radius 3 is 3.00 bits per heavy atom. The van der Waals surface area contributed by atoms with Crippen molar-refractivity contribution in [3.05, 3.63) is 25.0 Å². The highest BCUT2D eigenvalue weighted by Gasteiger charge is 2.10. The molecule has 2 rings (SSSR count). The molecule has 0 aliphatic heterocycles. The molecule has 4 nitrogen and oxygen atoms in total. The quantitative estimate of drug-likeness (QED) is 0.740. The molecular weight excluding hydrogens is 278 g/mol. The Bertz CT molecular complexity index is 534. The van der Waals surface area contributed by atoms with Gasteiger partial charge in [-0.2, -0.15) is 4.98 Å². The monoisotopic (exact) mass is 279 g/mol. The van der Waals surface area contributed by atoms with E-state index in [0.717, 1.165) is 0 Å². The fraction of sp³-hybridized carbons (Fsp3) is 0.167. The summed E-state index contributed by atoms with van der Waals surface area (Å²) < 4.78 is 2.21. The number of fused-ring (bicyclic) bond motifs is 1. The van der Waals surface area contributed by atoms with Gasteiger partial charge in [0.25, 0.3) is 5.56 Å². The molecule has 0 spiro atoms. The lowest BCUT2D eigenvalue weighted by atomic mass is 10.4. The number of aryl methyl sites for hydroxylation is 1. The molecule has 0 saturated carbocycles. The molecule has 0 amide bonds. The Kier molecular flexibility index (Phi) is 2.13. The summed E-state index contributed by atoms with van der Waals surface area (Å²) in [6, 6.07) is 0. The van der Waals surface area contributed by atoms with E-state index >= 15 is 0 Å². The molecule has 0 atom stereocenters. The SMILES string of the molecule is Cc1c(Cl)c(=O)nc2sc(Br)nn12. The highest BCUT2D eigenvalue weighted by molar-refractivity contribution is 9.11. The molecular formula is C6H3BrClN3OS. The minimum atomic E-state index is -0.407. The zero-order valence-electron chi connectivity index (χ0n) is 6.41. The first-order valence-corrected chi connectivity index (χ1v) is 5.30. The van der Waals surface area contributed by atoms with E-state index in [2.05, 4.69) is 26.0 Å². The molecule has 0 aliphatic carbocycles. The van der Waals surface area contributed by atoms with Crippen LogP contribution >= 0.6 is 38.9 Å². The Balaban J connectivity index is 3.01. The van der Waals surface area contributed by atoms with Gasteiger partial charge in [-0.15, -0.1) is 5.10 Å². The van der Waals surface area contributed by atoms with Crippen molar-refractivity contribution in [1.29, 1.82) is 0 Å². The highest BCUT2D eigenvalue weighted by atomic mass is 79.9. The summed E-state index contributed by atoms with van der Waals surface area (Å²) >= 11 is 10.2. The molecule has 0 aromatic carbocycles. The van der Waals surface area contributed by atoms with Crippen LogP contribution in [-0.4, -0.2) is 14.6 Å². The molecule has 2 aromatic heterocycles. The van der Waals surface area contributed by atoms with Gasteiger partial charge in [0.05, 0.1) is 5.69 Å². The molecule has 0 saturated heterocycles. The summed E-state index contributed by atoms with van der Waals surface area (Å²) in [5, 5.41) is 4.20. The van der Waals surface area contributed by atoms with E-state index in [1.165, 1.54) is 11.3 Å². The molecule has 0 N–H and O–H groups in total. The predicted molar refractivity (Wildman–Crippen MR) is 54.6 cm³/mol. The van der Waals surface area contributed by atoms with Crippen LogP contribution in [0, 0.1) is 6.92 Å². The van der Waals surface area contributed by atoms with Crippen LogP contribution in [0.1, 0.15) is 5.69 Å². The third-order valence-electron chi connectivity index (χ3n) is 1.56. The van der Waals surface area contributed by atoms with Crippen molar-refractivity contribution in [3.8, 4) is 0 Å². The van der Waals surface area contributed by atoms with Gasteiger partial charge < -0.3 is 0 Å². The Hall–Kier alpha value is -0.460. The van der Waals surface area contributed by atoms with Crippen molar-refractivity contribution in [2.24, 2.45) is 0 Å². The predicted octanol–water partition coefficient (Wildman–Crippen LogP) is 1.88. The first-order chi connectivity index (χ1) is 6.09. The van der Waals surface area contributed by atoms with Crippen molar-refractivity contribution in [2.75, 3.05) is 0 Å². The second-order valence-corrected chi connectivity index (χ2v) is 4.98. The van der Waals surface area contributed by atoms with E-state index in [1.54, 1.807) is 11.4 Å². The molecule has 13 heavy (non-hydrogen) atoms. The number of nitrogens with zero attached hydrogens (tertiary/aromatic N) is 3. The van der Waals surface area contributed by atoms with Gasteiger partial charge in [0.1, 0.15) is 5.02 Å². The average Bonchev–Trinajstić information content (AvgIpc) is 2.42. The Labute approximate surface area is 90.3 Å². The van der Waals surface area contributed by atoms with Gasteiger partial charge in [0.2, 0.25) is 4.96 Å². The maximum Gasteiger partial charge on any atom is 0.293 e. The van der Waals surface area contributed by atoms with Crippen LogP contribution in [0.4, 0.5) is 0 Å². The highest BCUT2D eigenvalue weighted by Crippen LogP contribution is 2.20. The van der Waals surface area contributed by atoms with E-state index in [9.17, 15) is 4.79 Å². The number of hydrogen-bond donors (Lipinski definition) is 0. The van der Waals surface area contributed by atoms with Gasteiger partial charge in [-0.3, -0.25) is 4.79 Å². The van der Waals surface area contributed by atoms with E-state index in [4.69, 9.17) is 11.6 Å². The number of rotatable bonds is 0. The zero-order valence-corrected chi connectivity index (χ0v) is 9.57. The van der Waals surface area contributed by atoms with E-state index < -0.39 is 5.56 Å². The first kappa shape index (κ1) is 9.11. The first-order valence-electron chi connectivity index (χ1n) is 3.31. The summed E-state index contributed by atoms with van der Waals surface area (Å²) in [4.78, 5) is 15.5. The Morgan fingerprint density at radius 1 is 1.62 bits per heavy atom.